The van der Waals surface area contributed by atoms with Crippen LogP contribution < -0.4 is 5.32 Å². The minimum absolute atomic E-state index is 0.244. The first-order chi connectivity index (χ1) is 11.4. The molecule has 1 heterocycles. The van der Waals surface area contributed by atoms with Crippen molar-refractivity contribution in [2.75, 3.05) is 6.54 Å². The van der Waals surface area contributed by atoms with Gasteiger partial charge in [0, 0.05) is 29.2 Å². The van der Waals surface area contributed by atoms with E-state index in [9.17, 15) is 4.79 Å². The average molecular weight is 391 g/mol. The first-order valence-corrected chi connectivity index (χ1v) is 10.1. The topological polar surface area (TPSA) is 42.0 Å². The number of nitrogens with zero attached hydrogens (tertiary/aromatic N) is 1. The van der Waals surface area contributed by atoms with Crippen LogP contribution in [0.15, 0.2) is 18.3 Å². The predicted octanol–water partition coefficient (Wildman–Crippen LogP) is 4.17. The van der Waals surface area contributed by atoms with Crippen LogP contribution >= 0.6 is 15.9 Å². The molecular weight excluding hydrogens is 364 g/mol. The lowest BCUT2D eigenvalue weighted by Gasteiger charge is -2.60. The summed E-state index contributed by atoms with van der Waals surface area (Å²) in [6.45, 7) is 2.71. The van der Waals surface area contributed by atoms with E-state index in [4.69, 9.17) is 0 Å². The number of hydrogen-bond donors (Lipinski definition) is 1. The summed E-state index contributed by atoms with van der Waals surface area (Å²) in [4.78, 5) is 16.8. The number of amides is 1. The lowest BCUT2D eigenvalue weighted by atomic mass is 9.48. The molecule has 4 bridgehead atoms. The van der Waals surface area contributed by atoms with E-state index in [0.29, 0.717) is 10.9 Å². The Morgan fingerprint density at radius 1 is 1.29 bits per heavy atom. The molecule has 130 valence electrons. The van der Waals surface area contributed by atoms with Gasteiger partial charge >= 0.3 is 0 Å². The van der Waals surface area contributed by atoms with E-state index in [1.54, 1.807) is 0 Å². The van der Waals surface area contributed by atoms with Gasteiger partial charge in [-0.3, -0.25) is 9.78 Å². The zero-order chi connectivity index (χ0) is 16.8. The zero-order valence-corrected chi connectivity index (χ0v) is 16.1. The smallest absolute Gasteiger partial charge is 0.220 e. The van der Waals surface area contributed by atoms with Gasteiger partial charge in [0.1, 0.15) is 0 Å². The third-order valence-corrected chi connectivity index (χ3v) is 7.28. The van der Waals surface area contributed by atoms with Crippen molar-refractivity contribution in [1.82, 2.24) is 10.3 Å². The summed E-state index contributed by atoms with van der Waals surface area (Å²) in [5.41, 5.74) is 2.49. The molecule has 0 aliphatic heterocycles. The number of rotatable bonds is 5. The summed E-state index contributed by atoms with van der Waals surface area (Å²) in [7, 11) is 0. The maximum Gasteiger partial charge on any atom is 0.220 e. The third-order valence-electron chi connectivity index (χ3n) is 6.35. The highest BCUT2D eigenvalue weighted by molar-refractivity contribution is 9.10. The minimum Gasteiger partial charge on any atom is -0.356 e. The summed E-state index contributed by atoms with van der Waals surface area (Å²) in [6.07, 6.45) is 11.3. The van der Waals surface area contributed by atoms with Crippen LogP contribution in [-0.4, -0.2) is 21.8 Å². The first kappa shape index (κ1) is 16.6. The predicted molar refractivity (Wildman–Crippen MR) is 99.1 cm³/mol. The average Bonchev–Trinajstić information content (AvgIpc) is 2.46. The van der Waals surface area contributed by atoms with Crippen molar-refractivity contribution in [3.63, 3.8) is 0 Å². The fourth-order valence-corrected chi connectivity index (χ4v) is 7.45. The molecule has 4 fully saturated rings. The van der Waals surface area contributed by atoms with Crippen LogP contribution in [0.5, 0.6) is 0 Å². The van der Waals surface area contributed by atoms with Crippen molar-refractivity contribution in [3.8, 4) is 0 Å². The Labute approximate surface area is 153 Å². The van der Waals surface area contributed by atoms with Crippen LogP contribution in [0, 0.1) is 24.2 Å². The van der Waals surface area contributed by atoms with Gasteiger partial charge in [-0.25, -0.2) is 0 Å². The van der Waals surface area contributed by atoms with Gasteiger partial charge in [0.15, 0.2) is 0 Å². The molecule has 0 saturated heterocycles. The highest BCUT2D eigenvalue weighted by Crippen LogP contribution is 2.65. The number of hydrogen-bond acceptors (Lipinski definition) is 2. The van der Waals surface area contributed by atoms with Gasteiger partial charge < -0.3 is 5.32 Å². The molecule has 0 aromatic carbocycles. The number of aryl methyl sites for hydroxylation is 1. The summed E-state index contributed by atoms with van der Waals surface area (Å²) in [6, 6.07) is 4.13. The van der Waals surface area contributed by atoms with Crippen LogP contribution in [0.4, 0.5) is 0 Å². The summed E-state index contributed by atoms with van der Waals surface area (Å²) >= 11 is 4.03. The molecule has 1 N–H and O–H groups in total. The fraction of sp³-hybridized carbons (Fsp3) is 0.700. The molecule has 3 nitrogen and oxygen atoms in total. The number of aromatic nitrogens is 1. The van der Waals surface area contributed by atoms with Crippen LogP contribution in [0.2, 0.25) is 0 Å². The van der Waals surface area contributed by atoms with Crippen molar-refractivity contribution in [3.05, 3.63) is 29.6 Å². The molecule has 4 heteroatoms. The first-order valence-electron chi connectivity index (χ1n) is 9.31. The standard InChI is InChI=1S/C20H27BrN2O/c1-14-2-3-15(12-23-14)4-5-22-18(24)11-19-7-16-6-17(8-19)10-20(21,9-16)13-19/h2-3,12,16-17H,4-11,13H2,1H3,(H,22,24). The maximum atomic E-state index is 12.5. The number of alkyl halides is 1. The van der Waals surface area contributed by atoms with Gasteiger partial charge in [-0.15, -0.1) is 0 Å². The quantitative estimate of drug-likeness (QED) is 0.766. The van der Waals surface area contributed by atoms with Crippen LogP contribution in [0.25, 0.3) is 0 Å². The maximum absolute atomic E-state index is 12.5. The molecule has 4 aliphatic rings. The highest BCUT2D eigenvalue weighted by Gasteiger charge is 2.57. The number of halogens is 1. The SMILES string of the molecule is Cc1ccc(CCNC(=O)CC23CC4CC(CC(Br)(C4)C2)C3)cn1. The lowest BCUT2D eigenvalue weighted by Crippen LogP contribution is -2.54. The van der Waals surface area contributed by atoms with Crippen molar-refractivity contribution in [2.24, 2.45) is 17.3 Å². The van der Waals surface area contributed by atoms with E-state index in [1.165, 1.54) is 44.1 Å². The monoisotopic (exact) mass is 390 g/mol. The second-order valence-corrected chi connectivity index (χ2v) is 10.4. The molecule has 2 unspecified atom stereocenters. The second-order valence-electron chi connectivity index (χ2n) is 8.70. The van der Waals surface area contributed by atoms with Crippen molar-refractivity contribution >= 4 is 21.8 Å². The third kappa shape index (κ3) is 3.40. The normalized spacial score (nSPS) is 36.8. The molecule has 4 aliphatic carbocycles. The molecule has 4 saturated carbocycles. The molecule has 1 amide bonds. The molecule has 1 aromatic rings. The van der Waals surface area contributed by atoms with E-state index in [0.717, 1.165) is 30.4 Å². The molecule has 5 rings (SSSR count). The molecule has 0 spiro atoms. The summed E-state index contributed by atoms with van der Waals surface area (Å²) in [5, 5.41) is 3.15. The van der Waals surface area contributed by atoms with Gasteiger partial charge in [-0.1, -0.05) is 22.0 Å². The lowest BCUT2D eigenvalue weighted by molar-refractivity contribution is -0.128. The molecular formula is C20H27BrN2O. The van der Waals surface area contributed by atoms with E-state index in [1.807, 2.05) is 19.2 Å². The van der Waals surface area contributed by atoms with Crippen LogP contribution in [0.1, 0.15) is 56.2 Å². The second kappa shape index (κ2) is 6.12. The minimum atomic E-state index is 0.244. The van der Waals surface area contributed by atoms with E-state index >= 15 is 0 Å². The van der Waals surface area contributed by atoms with Crippen molar-refractivity contribution < 1.29 is 4.79 Å². The molecule has 2 atom stereocenters. The molecule has 0 radical (unpaired) electrons. The number of carbonyl (C=O) groups excluding carboxylic acids is 1. The Kier molecular flexibility index (Phi) is 4.22. The fourth-order valence-electron chi connectivity index (χ4n) is 5.94. The Morgan fingerprint density at radius 3 is 2.67 bits per heavy atom. The van der Waals surface area contributed by atoms with Crippen LogP contribution in [0.3, 0.4) is 0 Å². The van der Waals surface area contributed by atoms with Gasteiger partial charge in [-0.05, 0) is 80.8 Å². The van der Waals surface area contributed by atoms with Crippen molar-refractivity contribution in [1.29, 1.82) is 0 Å². The van der Waals surface area contributed by atoms with Gasteiger partial charge in [0.25, 0.3) is 0 Å². The Balaban J connectivity index is 1.31. The van der Waals surface area contributed by atoms with E-state index in [-0.39, 0.29) is 11.3 Å². The van der Waals surface area contributed by atoms with Gasteiger partial charge in [-0.2, -0.15) is 0 Å². The van der Waals surface area contributed by atoms with E-state index in [2.05, 4.69) is 32.3 Å². The largest absolute Gasteiger partial charge is 0.356 e. The Morgan fingerprint density at radius 2 is 2.04 bits per heavy atom. The molecule has 1 aromatic heterocycles. The van der Waals surface area contributed by atoms with Gasteiger partial charge in [0.05, 0.1) is 0 Å². The zero-order valence-electron chi connectivity index (χ0n) is 14.5. The van der Waals surface area contributed by atoms with Gasteiger partial charge in [0.2, 0.25) is 5.91 Å². The van der Waals surface area contributed by atoms with Crippen LogP contribution in [-0.2, 0) is 11.2 Å². The Bertz CT molecular complexity index is 613. The summed E-state index contributed by atoms with van der Waals surface area (Å²) < 4.78 is 0.338. The number of carbonyl (C=O) groups is 1. The van der Waals surface area contributed by atoms with E-state index < -0.39 is 0 Å². The number of nitrogens with one attached hydrogen (secondary N) is 1. The Hall–Kier alpha value is -0.900. The number of pyridine rings is 1. The van der Waals surface area contributed by atoms with Crippen molar-refractivity contribution in [2.45, 2.75) is 62.6 Å². The summed E-state index contributed by atoms with van der Waals surface area (Å²) in [5.74, 6) is 1.93. The molecule has 24 heavy (non-hydrogen) atoms. The highest BCUT2D eigenvalue weighted by atomic mass is 79.9.